The number of para-hydroxylation sites is 1. The highest BCUT2D eigenvalue weighted by Gasteiger charge is 2.23. The summed E-state index contributed by atoms with van der Waals surface area (Å²) in [4.78, 5) is 25.6. The second kappa shape index (κ2) is 8.20. The van der Waals surface area contributed by atoms with Crippen LogP contribution in [0.3, 0.4) is 0 Å². The van der Waals surface area contributed by atoms with Gasteiger partial charge in [0.15, 0.2) is 0 Å². The Hall–Kier alpha value is -1.89. The van der Waals surface area contributed by atoms with E-state index in [9.17, 15) is 4.79 Å². The van der Waals surface area contributed by atoms with Crippen molar-refractivity contribution in [2.45, 2.75) is 13.8 Å². The third kappa shape index (κ3) is 4.26. The van der Waals surface area contributed by atoms with E-state index in [0.29, 0.717) is 46.2 Å². The van der Waals surface area contributed by atoms with E-state index in [1.54, 1.807) is 31.2 Å². The summed E-state index contributed by atoms with van der Waals surface area (Å²) >= 11 is 12.4. The summed E-state index contributed by atoms with van der Waals surface area (Å²) in [5.74, 6) is 0.913. The first-order valence-electron chi connectivity index (χ1n) is 8.56. The van der Waals surface area contributed by atoms with Crippen molar-refractivity contribution in [3.63, 3.8) is 0 Å². The van der Waals surface area contributed by atoms with E-state index in [1.807, 2.05) is 4.90 Å². The second-order valence-corrected chi connectivity index (χ2v) is 6.95. The fourth-order valence-electron chi connectivity index (χ4n) is 2.92. The van der Waals surface area contributed by atoms with E-state index >= 15 is 0 Å². The van der Waals surface area contributed by atoms with Gasteiger partial charge >= 0.3 is 0 Å². The molecule has 1 aliphatic rings. The Morgan fingerprint density at radius 1 is 1.15 bits per heavy atom. The van der Waals surface area contributed by atoms with Crippen LogP contribution < -0.4 is 5.32 Å². The van der Waals surface area contributed by atoms with Crippen LogP contribution in [0.25, 0.3) is 0 Å². The Balaban J connectivity index is 1.80. The number of aryl methyl sites for hydroxylation is 1. The topological polar surface area (TPSA) is 61.4 Å². The van der Waals surface area contributed by atoms with Crippen molar-refractivity contribution in [3.05, 3.63) is 45.8 Å². The maximum Gasteiger partial charge on any atom is 0.272 e. The number of anilines is 2. The van der Waals surface area contributed by atoms with Gasteiger partial charge in [-0.1, -0.05) is 36.2 Å². The van der Waals surface area contributed by atoms with Crippen molar-refractivity contribution in [3.8, 4) is 0 Å². The normalized spacial score (nSPS) is 15.2. The molecule has 0 aliphatic carbocycles. The van der Waals surface area contributed by atoms with Gasteiger partial charge in [0.1, 0.15) is 17.3 Å². The lowest BCUT2D eigenvalue weighted by molar-refractivity contribution is 0.0637. The van der Waals surface area contributed by atoms with Gasteiger partial charge in [-0.25, -0.2) is 9.97 Å². The Morgan fingerprint density at radius 3 is 2.42 bits per heavy atom. The zero-order valence-electron chi connectivity index (χ0n) is 14.8. The molecule has 1 aromatic carbocycles. The average molecular weight is 394 g/mol. The van der Waals surface area contributed by atoms with Gasteiger partial charge in [0, 0.05) is 32.2 Å². The molecule has 1 saturated heterocycles. The maximum atomic E-state index is 12.8. The van der Waals surface area contributed by atoms with E-state index in [0.717, 1.165) is 19.6 Å². The minimum absolute atomic E-state index is 0.0837. The number of hydrogen-bond acceptors (Lipinski definition) is 5. The number of carbonyl (C=O) groups excluding carboxylic acids is 1. The number of hydrogen-bond donors (Lipinski definition) is 1. The van der Waals surface area contributed by atoms with Crippen molar-refractivity contribution in [1.82, 2.24) is 19.8 Å². The monoisotopic (exact) mass is 393 g/mol. The first-order valence-corrected chi connectivity index (χ1v) is 9.32. The number of benzene rings is 1. The van der Waals surface area contributed by atoms with Gasteiger partial charge in [0.25, 0.3) is 5.91 Å². The molecule has 3 rings (SSSR count). The van der Waals surface area contributed by atoms with Gasteiger partial charge in [-0.3, -0.25) is 4.79 Å². The molecule has 1 aromatic heterocycles. The van der Waals surface area contributed by atoms with Crippen molar-refractivity contribution >= 4 is 40.6 Å². The maximum absolute atomic E-state index is 12.8. The van der Waals surface area contributed by atoms with Crippen LogP contribution in [0.2, 0.25) is 10.0 Å². The average Bonchev–Trinajstić information content (AvgIpc) is 2.64. The van der Waals surface area contributed by atoms with Crippen molar-refractivity contribution < 1.29 is 4.79 Å². The molecule has 138 valence electrons. The van der Waals surface area contributed by atoms with Gasteiger partial charge in [0.2, 0.25) is 0 Å². The lowest BCUT2D eigenvalue weighted by Crippen LogP contribution is -2.48. The number of halogens is 2. The summed E-state index contributed by atoms with van der Waals surface area (Å²) in [6.07, 6.45) is 0. The molecular weight excluding hydrogens is 373 g/mol. The lowest BCUT2D eigenvalue weighted by atomic mass is 10.2. The van der Waals surface area contributed by atoms with Crippen LogP contribution in [-0.4, -0.2) is 58.4 Å². The second-order valence-electron chi connectivity index (χ2n) is 6.13. The highest BCUT2D eigenvalue weighted by atomic mass is 35.5. The molecule has 1 amide bonds. The molecular formula is C18H21Cl2N5O. The summed E-state index contributed by atoms with van der Waals surface area (Å²) in [5.41, 5.74) is 0.928. The highest BCUT2D eigenvalue weighted by molar-refractivity contribution is 6.39. The molecule has 6 nitrogen and oxygen atoms in total. The van der Waals surface area contributed by atoms with Crippen LogP contribution in [0.1, 0.15) is 23.2 Å². The van der Waals surface area contributed by atoms with E-state index in [2.05, 4.69) is 27.1 Å². The molecule has 2 heterocycles. The summed E-state index contributed by atoms with van der Waals surface area (Å²) in [5, 5.41) is 4.07. The van der Waals surface area contributed by atoms with Crippen LogP contribution in [0.15, 0.2) is 24.3 Å². The summed E-state index contributed by atoms with van der Waals surface area (Å²) < 4.78 is 0. The molecule has 0 saturated carbocycles. The molecule has 1 N–H and O–H groups in total. The number of piperazine rings is 1. The van der Waals surface area contributed by atoms with Crippen molar-refractivity contribution in [2.24, 2.45) is 0 Å². The SMILES string of the molecule is CCN1CCN(C(=O)c2cc(Nc3c(Cl)cccc3Cl)nc(C)n2)CC1. The third-order valence-corrected chi connectivity index (χ3v) is 5.01. The standard InChI is InChI=1S/C18H21Cl2N5O/c1-3-24-7-9-25(10-8-24)18(26)15-11-16(22-12(2)21-15)23-17-13(19)5-4-6-14(17)20/h4-6,11H,3,7-10H2,1-2H3,(H,21,22,23). The zero-order chi connectivity index (χ0) is 18.7. The van der Waals surface area contributed by atoms with E-state index in [-0.39, 0.29) is 5.91 Å². The van der Waals surface area contributed by atoms with E-state index in [4.69, 9.17) is 23.2 Å². The van der Waals surface area contributed by atoms with Gasteiger partial charge < -0.3 is 15.1 Å². The van der Waals surface area contributed by atoms with Gasteiger partial charge in [-0.05, 0) is 25.6 Å². The molecule has 0 bridgehead atoms. The van der Waals surface area contributed by atoms with E-state index < -0.39 is 0 Å². The Labute approximate surface area is 163 Å². The lowest BCUT2D eigenvalue weighted by Gasteiger charge is -2.33. The number of carbonyl (C=O) groups is 1. The Morgan fingerprint density at radius 2 is 1.81 bits per heavy atom. The zero-order valence-corrected chi connectivity index (χ0v) is 16.3. The first-order chi connectivity index (χ1) is 12.5. The molecule has 0 atom stereocenters. The molecule has 8 heteroatoms. The smallest absolute Gasteiger partial charge is 0.272 e. The van der Waals surface area contributed by atoms with Crippen LogP contribution in [0.5, 0.6) is 0 Å². The van der Waals surface area contributed by atoms with Crippen molar-refractivity contribution in [2.75, 3.05) is 38.0 Å². The van der Waals surface area contributed by atoms with Crippen LogP contribution in [0.4, 0.5) is 11.5 Å². The Bertz CT molecular complexity index is 786. The van der Waals surface area contributed by atoms with Crippen molar-refractivity contribution in [1.29, 1.82) is 0 Å². The number of nitrogens with one attached hydrogen (secondary N) is 1. The first kappa shape index (κ1) is 18.9. The quantitative estimate of drug-likeness (QED) is 0.859. The molecule has 26 heavy (non-hydrogen) atoms. The molecule has 0 spiro atoms. The number of likely N-dealkylation sites (N-methyl/N-ethyl adjacent to an activating group) is 1. The minimum Gasteiger partial charge on any atom is -0.338 e. The fourth-order valence-corrected chi connectivity index (χ4v) is 3.41. The summed E-state index contributed by atoms with van der Waals surface area (Å²) in [6, 6.07) is 6.89. The molecule has 0 radical (unpaired) electrons. The minimum atomic E-state index is -0.0837. The molecule has 1 fully saturated rings. The highest BCUT2D eigenvalue weighted by Crippen LogP contribution is 2.32. The van der Waals surface area contributed by atoms with Crippen LogP contribution in [0, 0.1) is 6.92 Å². The number of amides is 1. The van der Waals surface area contributed by atoms with E-state index in [1.165, 1.54) is 0 Å². The number of aromatic nitrogens is 2. The predicted octanol–water partition coefficient (Wildman–Crippen LogP) is 3.61. The Kier molecular flexibility index (Phi) is 5.96. The summed E-state index contributed by atoms with van der Waals surface area (Å²) in [6.45, 7) is 8.05. The van der Waals surface area contributed by atoms with Gasteiger partial charge in [-0.15, -0.1) is 0 Å². The molecule has 2 aromatic rings. The fraction of sp³-hybridized carbons (Fsp3) is 0.389. The van der Waals surface area contributed by atoms with Crippen LogP contribution in [-0.2, 0) is 0 Å². The molecule has 0 unspecified atom stereocenters. The van der Waals surface area contributed by atoms with Gasteiger partial charge in [0.05, 0.1) is 15.7 Å². The van der Waals surface area contributed by atoms with Crippen LogP contribution >= 0.6 is 23.2 Å². The predicted molar refractivity (Wildman–Crippen MR) is 105 cm³/mol. The van der Waals surface area contributed by atoms with Gasteiger partial charge in [-0.2, -0.15) is 0 Å². The molecule has 1 aliphatic heterocycles. The number of rotatable bonds is 4. The number of nitrogens with zero attached hydrogens (tertiary/aromatic N) is 4. The largest absolute Gasteiger partial charge is 0.338 e. The summed E-state index contributed by atoms with van der Waals surface area (Å²) in [7, 11) is 0. The third-order valence-electron chi connectivity index (χ3n) is 4.38.